The molecule has 0 aromatic carbocycles. The topological polar surface area (TPSA) is 60.1 Å². The van der Waals surface area contributed by atoms with Crippen LogP contribution < -0.4 is 5.56 Å². The quantitative estimate of drug-likeness (QED) is 0.828. The molecule has 1 N–H and O–H groups in total. The van der Waals surface area contributed by atoms with Crippen LogP contribution in [0.5, 0.6) is 5.75 Å². The molecular weight excluding hydrogens is 206 g/mol. The third kappa shape index (κ3) is 1.71. The third-order valence-corrected chi connectivity index (χ3v) is 2.33. The molecule has 0 unspecified atom stereocenters. The summed E-state index contributed by atoms with van der Waals surface area (Å²) >= 11 is 0. The van der Waals surface area contributed by atoms with Crippen molar-refractivity contribution in [2.75, 3.05) is 0 Å². The van der Waals surface area contributed by atoms with Gasteiger partial charge in [0.15, 0.2) is 5.75 Å². The van der Waals surface area contributed by atoms with Crippen LogP contribution in [-0.4, -0.2) is 19.5 Å². The molecule has 0 atom stereocenters. The van der Waals surface area contributed by atoms with Crippen LogP contribution in [0.1, 0.15) is 19.9 Å². The maximum Gasteiger partial charge on any atom is 0.293 e. The average molecular weight is 219 g/mol. The first kappa shape index (κ1) is 10.5. The summed E-state index contributed by atoms with van der Waals surface area (Å²) in [7, 11) is 0. The summed E-state index contributed by atoms with van der Waals surface area (Å²) in [5, 5.41) is 13.6. The Balaban J connectivity index is 2.62. The van der Waals surface area contributed by atoms with E-state index in [0.29, 0.717) is 5.69 Å². The van der Waals surface area contributed by atoms with Gasteiger partial charge in [-0.3, -0.25) is 4.79 Å². The Morgan fingerprint density at radius 1 is 1.44 bits per heavy atom. The van der Waals surface area contributed by atoms with Gasteiger partial charge >= 0.3 is 0 Å². The molecule has 2 aromatic rings. The smallest absolute Gasteiger partial charge is 0.293 e. The van der Waals surface area contributed by atoms with Gasteiger partial charge in [0.2, 0.25) is 0 Å². The molecule has 84 valence electrons. The summed E-state index contributed by atoms with van der Waals surface area (Å²) in [6, 6.07) is 3.18. The average Bonchev–Trinajstić information content (AvgIpc) is 2.74. The van der Waals surface area contributed by atoms with Crippen molar-refractivity contribution in [2.45, 2.75) is 19.9 Å². The number of pyridine rings is 1. The first-order chi connectivity index (χ1) is 7.59. The normalized spacial score (nSPS) is 10.9. The first-order valence-electron chi connectivity index (χ1n) is 5.05. The van der Waals surface area contributed by atoms with Crippen LogP contribution in [-0.2, 0) is 0 Å². The highest BCUT2D eigenvalue weighted by molar-refractivity contribution is 5.34. The van der Waals surface area contributed by atoms with Gasteiger partial charge in [0, 0.05) is 30.7 Å². The fraction of sp³-hybridized carbons (Fsp3) is 0.273. The van der Waals surface area contributed by atoms with Gasteiger partial charge in [-0.15, -0.1) is 0 Å². The SMILES string of the molecule is CC(C)n1cc(-n2cccn2)cc(O)c1=O. The van der Waals surface area contributed by atoms with Crippen LogP contribution in [0.3, 0.4) is 0 Å². The molecule has 0 aliphatic heterocycles. The Labute approximate surface area is 92.6 Å². The van der Waals surface area contributed by atoms with E-state index >= 15 is 0 Å². The molecule has 0 aliphatic rings. The second-order valence-electron chi connectivity index (χ2n) is 3.84. The molecule has 5 nitrogen and oxygen atoms in total. The lowest BCUT2D eigenvalue weighted by Gasteiger charge is -2.12. The van der Waals surface area contributed by atoms with Gasteiger partial charge in [-0.05, 0) is 19.9 Å². The Morgan fingerprint density at radius 3 is 2.75 bits per heavy atom. The lowest BCUT2D eigenvalue weighted by molar-refractivity contribution is 0.448. The Hall–Kier alpha value is -2.04. The lowest BCUT2D eigenvalue weighted by atomic mass is 10.3. The van der Waals surface area contributed by atoms with Crippen molar-refractivity contribution in [3.8, 4) is 11.4 Å². The second-order valence-corrected chi connectivity index (χ2v) is 3.84. The third-order valence-electron chi connectivity index (χ3n) is 2.33. The molecule has 0 fully saturated rings. The van der Waals surface area contributed by atoms with E-state index in [2.05, 4.69) is 5.10 Å². The largest absolute Gasteiger partial charge is 0.503 e. The molecule has 5 heteroatoms. The van der Waals surface area contributed by atoms with Crippen LogP contribution >= 0.6 is 0 Å². The predicted molar refractivity (Wildman–Crippen MR) is 59.9 cm³/mol. The van der Waals surface area contributed by atoms with Gasteiger partial charge in [0.1, 0.15) is 0 Å². The minimum atomic E-state index is -0.383. The number of hydrogen-bond acceptors (Lipinski definition) is 3. The summed E-state index contributed by atoms with van der Waals surface area (Å²) in [6.45, 7) is 3.77. The summed E-state index contributed by atoms with van der Waals surface area (Å²) in [5.74, 6) is -0.262. The summed E-state index contributed by atoms with van der Waals surface area (Å²) in [5.41, 5.74) is 0.279. The van der Waals surface area contributed by atoms with E-state index in [1.165, 1.54) is 10.6 Å². The fourth-order valence-corrected chi connectivity index (χ4v) is 1.50. The second kappa shape index (κ2) is 3.84. The summed E-state index contributed by atoms with van der Waals surface area (Å²) in [6.07, 6.45) is 5.07. The van der Waals surface area contributed by atoms with Crippen molar-refractivity contribution in [3.63, 3.8) is 0 Å². The number of nitrogens with zero attached hydrogens (tertiary/aromatic N) is 3. The maximum absolute atomic E-state index is 11.6. The van der Waals surface area contributed by atoms with E-state index in [0.717, 1.165) is 0 Å². The summed E-state index contributed by atoms with van der Waals surface area (Å²) < 4.78 is 3.07. The van der Waals surface area contributed by atoms with E-state index < -0.39 is 0 Å². The molecule has 0 aliphatic carbocycles. The molecular formula is C11H13N3O2. The molecule has 0 saturated heterocycles. The molecule has 0 amide bonds. The predicted octanol–water partition coefficient (Wildman–Crippen LogP) is 1.32. The fourth-order valence-electron chi connectivity index (χ4n) is 1.50. The van der Waals surface area contributed by atoms with Crippen LogP contribution in [0.4, 0.5) is 0 Å². The zero-order chi connectivity index (χ0) is 11.7. The van der Waals surface area contributed by atoms with Crippen molar-refractivity contribution in [1.82, 2.24) is 14.3 Å². The highest BCUT2D eigenvalue weighted by Crippen LogP contribution is 2.13. The van der Waals surface area contributed by atoms with Crippen LogP contribution in [0, 0.1) is 0 Å². The first-order valence-corrected chi connectivity index (χ1v) is 5.05. The van der Waals surface area contributed by atoms with E-state index in [9.17, 15) is 9.90 Å². The van der Waals surface area contributed by atoms with Crippen molar-refractivity contribution < 1.29 is 5.11 Å². The number of aromatic hydroxyl groups is 1. The molecule has 0 spiro atoms. The molecule has 2 aromatic heterocycles. The standard InChI is InChI=1S/C11H13N3O2/c1-8(2)13-7-9(6-10(15)11(13)16)14-5-3-4-12-14/h3-8,15H,1-2H3. The van der Waals surface area contributed by atoms with E-state index in [-0.39, 0.29) is 17.4 Å². The van der Waals surface area contributed by atoms with Crippen molar-refractivity contribution in [2.24, 2.45) is 0 Å². The van der Waals surface area contributed by atoms with Gasteiger partial charge in [0.25, 0.3) is 5.56 Å². The Bertz CT molecular complexity index is 541. The van der Waals surface area contributed by atoms with Crippen LogP contribution in [0.25, 0.3) is 5.69 Å². The molecule has 0 radical (unpaired) electrons. The minimum Gasteiger partial charge on any atom is -0.503 e. The molecule has 0 bridgehead atoms. The van der Waals surface area contributed by atoms with E-state index in [4.69, 9.17) is 0 Å². The highest BCUT2D eigenvalue weighted by atomic mass is 16.3. The number of hydrogen-bond donors (Lipinski definition) is 1. The van der Waals surface area contributed by atoms with Crippen LogP contribution in [0.2, 0.25) is 0 Å². The lowest BCUT2D eigenvalue weighted by Crippen LogP contribution is -2.21. The zero-order valence-electron chi connectivity index (χ0n) is 9.16. The van der Waals surface area contributed by atoms with Crippen LogP contribution in [0.15, 0.2) is 35.5 Å². The van der Waals surface area contributed by atoms with Gasteiger partial charge in [-0.1, -0.05) is 0 Å². The molecule has 16 heavy (non-hydrogen) atoms. The molecule has 2 rings (SSSR count). The van der Waals surface area contributed by atoms with Crippen molar-refractivity contribution in [1.29, 1.82) is 0 Å². The number of aromatic nitrogens is 3. The maximum atomic E-state index is 11.6. The summed E-state index contributed by atoms with van der Waals surface area (Å²) in [4.78, 5) is 11.6. The van der Waals surface area contributed by atoms with E-state index in [1.807, 2.05) is 13.8 Å². The Morgan fingerprint density at radius 2 is 2.19 bits per heavy atom. The van der Waals surface area contributed by atoms with Gasteiger partial charge < -0.3 is 9.67 Å². The molecule has 2 heterocycles. The van der Waals surface area contributed by atoms with Gasteiger partial charge in [0.05, 0.1) is 5.69 Å². The van der Waals surface area contributed by atoms with Crippen molar-refractivity contribution in [3.05, 3.63) is 41.1 Å². The highest BCUT2D eigenvalue weighted by Gasteiger charge is 2.09. The monoisotopic (exact) mass is 219 g/mol. The minimum absolute atomic E-state index is 0.00564. The van der Waals surface area contributed by atoms with Gasteiger partial charge in [-0.2, -0.15) is 5.10 Å². The number of rotatable bonds is 2. The zero-order valence-corrected chi connectivity index (χ0v) is 9.16. The van der Waals surface area contributed by atoms with E-state index in [1.54, 1.807) is 29.3 Å². The molecule has 0 saturated carbocycles. The van der Waals surface area contributed by atoms with Gasteiger partial charge in [-0.25, -0.2) is 4.68 Å². The Kier molecular flexibility index (Phi) is 2.52. The van der Waals surface area contributed by atoms with Crippen molar-refractivity contribution >= 4 is 0 Å².